The van der Waals surface area contributed by atoms with Gasteiger partial charge in [-0.25, -0.2) is 27.8 Å². The summed E-state index contributed by atoms with van der Waals surface area (Å²) in [5.74, 6) is 0.871. The van der Waals surface area contributed by atoms with Crippen molar-refractivity contribution in [2.45, 2.75) is 40.2 Å². The van der Waals surface area contributed by atoms with E-state index in [1.807, 2.05) is 13.8 Å². The van der Waals surface area contributed by atoms with E-state index in [0.717, 1.165) is 5.69 Å². The molecule has 33 heavy (non-hydrogen) atoms. The molecule has 0 atom stereocenters. The molecule has 4 rings (SSSR count). The van der Waals surface area contributed by atoms with Crippen molar-refractivity contribution in [3.8, 4) is 17.1 Å². The van der Waals surface area contributed by atoms with Crippen LogP contribution in [0.25, 0.3) is 17.1 Å². The summed E-state index contributed by atoms with van der Waals surface area (Å²) in [5, 5.41) is 12.4. The maximum absolute atomic E-state index is 13.4. The molecule has 0 aliphatic rings. The molecule has 3 aromatic heterocycles. The number of aromatic nitrogens is 6. The highest BCUT2D eigenvalue weighted by atomic mass is 35.5. The van der Waals surface area contributed by atoms with Crippen molar-refractivity contribution in [2.75, 3.05) is 5.32 Å². The van der Waals surface area contributed by atoms with Gasteiger partial charge in [0.1, 0.15) is 24.5 Å². The molecular weight excluding hydrogens is 455 g/mol. The Balaban J connectivity index is 1.75. The van der Waals surface area contributed by atoms with Crippen LogP contribution in [0.5, 0.6) is 0 Å². The summed E-state index contributed by atoms with van der Waals surface area (Å²) in [5.41, 5.74) is 3.20. The fourth-order valence-electron chi connectivity index (χ4n) is 3.63. The van der Waals surface area contributed by atoms with E-state index >= 15 is 0 Å². The van der Waals surface area contributed by atoms with Crippen molar-refractivity contribution in [3.63, 3.8) is 0 Å². The minimum absolute atomic E-state index is 0.383. The van der Waals surface area contributed by atoms with E-state index < -0.39 is 18.8 Å². The second-order valence-electron chi connectivity index (χ2n) is 7.39. The fourth-order valence-corrected chi connectivity index (χ4v) is 3.75. The van der Waals surface area contributed by atoms with Crippen molar-refractivity contribution in [1.82, 2.24) is 29.5 Å². The lowest BCUT2D eigenvalue weighted by Crippen LogP contribution is -2.10. The van der Waals surface area contributed by atoms with E-state index in [2.05, 4.69) is 25.5 Å². The minimum Gasteiger partial charge on any atom is -0.323 e. The standard InChI is InChI=1S/C22H21ClF3N7/c1-4-16-21(14-5-7-15(24)8-6-14)32(10-17(25)26)31-22(16)29-18-9-19(28-11-27-18)33-13(3)20(23)12(2)30-33/h5-9,11,17H,4,10H2,1-3H3,(H,27,28,29,31). The summed E-state index contributed by atoms with van der Waals surface area (Å²) in [4.78, 5) is 8.49. The van der Waals surface area contributed by atoms with Crippen LogP contribution in [0.15, 0.2) is 36.7 Å². The Labute approximate surface area is 193 Å². The monoisotopic (exact) mass is 475 g/mol. The molecule has 172 valence electrons. The second-order valence-corrected chi connectivity index (χ2v) is 7.77. The van der Waals surface area contributed by atoms with E-state index in [9.17, 15) is 13.2 Å². The van der Waals surface area contributed by atoms with Crippen molar-refractivity contribution in [3.05, 3.63) is 64.5 Å². The average molecular weight is 476 g/mol. The molecular formula is C22H21ClF3N7. The van der Waals surface area contributed by atoms with Gasteiger partial charge in [-0.3, -0.25) is 4.68 Å². The number of alkyl halides is 2. The number of nitrogens with one attached hydrogen (secondary N) is 1. The number of aryl methyl sites for hydroxylation is 1. The van der Waals surface area contributed by atoms with Crippen LogP contribution >= 0.6 is 11.6 Å². The first-order chi connectivity index (χ1) is 15.8. The summed E-state index contributed by atoms with van der Waals surface area (Å²) in [6.45, 7) is 4.92. The van der Waals surface area contributed by atoms with E-state index in [-0.39, 0.29) is 0 Å². The highest BCUT2D eigenvalue weighted by Gasteiger charge is 2.21. The van der Waals surface area contributed by atoms with Crippen LogP contribution in [0.4, 0.5) is 24.8 Å². The normalized spacial score (nSPS) is 11.4. The Morgan fingerprint density at radius 2 is 1.82 bits per heavy atom. The quantitative estimate of drug-likeness (QED) is 0.381. The molecule has 1 N–H and O–H groups in total. The summed E-state index contributed by atoms with van der Waals surface area (Å²) in [7, 11) is 0. The third-order valence-electron chi connectivity index (χ3n) is 5.15. The number of hydrogen-bond donors (Lipinski definition) is 1. The summed E-state index contributed by atoms with van der Waals surface area (Å²) in [6.07, 6.45) is -0.739. The van der Waals surface area contributed by atoms with E-state index in [1.165, 1.54) is 23.1 Å². The summed E-state index contributed by atoms with van der Waals surface area (Å²) < 4.78 is 42.8. The SMILES string of the molecule is CCc1c(Nc2cc(-n3nc(C)c(Cl)c3C)ncn2)nn(CC(F)F)c1-c1ccc(F)cc1. The number of rotatable bonds is 7. The molecule has 0 aliphatic carbocycles. The molecule has 0 unspecified atom stereocenters. The van der Waals surface area contributed by atoms with Gasteiger partial charge in [-0.1, -0.05) is 18.5 Å². The van der Waals surface area contributed by atoms with Crippen LogP contribution < -0.4 is 5.32 Å². The highest BCUT2D eigenvalue weighted by molar-refractivity contribution is 6.31. The van der Waals surface area contributed by atoms with Gasteiger partial charge in [0.15, 0.2) is 11.6 Å². The Kier molecular flexibility index (Phi) is 6.37. The number of halogens is 4. The van der Waals surface area contributed by atoms with Gasteiger partial charge in [-0.05, 0) is 44.5 Å². The van der Waals surface area contributed by atoms with Crippen molar-refractivity contribution in [2.24, 2.45) is 0 Å². The minimum atomic E-state index is -2.61. The van der Waals surface area contributed by atoms with Gasteiger partial charge < -0.3 is 5.32 Å². The van der Waals surface area contributed by atoms with E-state index in [1.54, 1.807) is 29.8 Å². The molecule has 0 aliphatic heterocycles. The van der Waals surface area contributed by atoms with Crippen LogP contribution in [0, 0.1) is 19.7 Å². The first-order valence-corrected chi connectivity index (χ1v) is 10.6. The maximum atomic E-state index is 13.4. The lowest BCUT2D eigenvalue weighted by molar-refractivity contribution is 0.122. The predicted octanol–water partition coefficient (Wildman–Crippen LogP) is 5.51. The van der Waals surface area contributed by atoms with Gasteiger partial charge >= 0.3 is 0 Å². The van der Waals surface area contributed by atoms with Crippen LogP contribution in [-0.4, -0.2) is 36.0 Å². The Morgan fingerprint density at radius 1 is 1.09 bits per heavy atom. The first kappa shape index (κ1) is 22.8. The van der Waals surface area contributed by atoms with E-state index in [4.69, 9.17) is 11.6 Å². The van der Waals surface area contributed by atoms with Gasteiger partial charge in [0.05, 0.1) is 22.1 Å². The first-order valence-electron chi connectivity index (χ1n) is 10.2. The topological polar surface area (TPSA) is 73.5 Å². The largest absolute Gasteiger partial charge is 0.323 e. The molecule has 0 fully saturated rings. The highest BCUT2D eigenvalue weighted by Crippen LogP contribution is 2.32. The Bertz CT molecular complexity index is 1280. The molecule has 4 aromatic rings. The molecule has 0 saturated heterocycles. The lowest BCUT2D eigenvalue weighted by Gasteiger charge is -2.09. The number of benzene rings is 1. The van der Waals surface area contributed by atoms with Gasteiger partial charge in [0.25, 0.3) is 6.43 Å². The Hall–Kier alpha value is -3.40. The van der Waals surface area contributed by atoms with Crippen molar-refractivity contribution >= 4 is 23.2 Å². The molecule has 3 heterocycles. The molecule has 11 heteroatoms. The summed E-state index contributed by atoms with van der Waals surface area (Å²) in [6, 6.07) is 7.34. The molecule has 7 nitrogen and oxygen atoms in total. The van der Waals surface area contributed by atoms with Crippen molar-refractivity contribution in [1.29, 1.82) is 0 Å². The van der Waals surface area contributed by atoms with Crippen molar-refractivity contribution < 1.29 is 13.2 Å². The number of nitrogens with zero attached hydrogens (tertiary/aromatic N) is 6. The Morgan fingerprint density at radius 3 is 2.42 bits per heavy atom. The molecule has 0 spiro atoms. The summed E-state index contributed by atoms with van der Waals surface area (Å²) >= 11 is 6.25. The van der Waals surface area contributed by atoms with E-state index in [0.29, 0.717) is 51.4 Å². The molecule has 0 amide bonds. The zero-order valence-corrected chi connectivity index (χ0v) is 18.9. The second kappa shape index (κ2) is 9.22. The number of hydrogen-bond acceptors (Lipinski definition) is 5. The molecule has 0 radical (unpaired) electrons. The van der Waals surface area contributed by atoms with Crippen LogP contribution in [-0.2, 0) is 13.0 Å². The molecule has 0 bridgehead atoms. The predicted molar refractivity (Wildman–Crippen MR) is 120 cm³/mol. The van der Waals surface area contributed by atoms with Crippen LogP contribution in [0.3, 0.4) is 0 Å². The van der Waals surface area contributed by atoms with Crippen LogP contribution in [0.1, 0.15) is 23.9 Å². The zero-order chi connectivity index (χ0) is 23.7. The van der Waals surface area contributed by atoms with Gasteiger partial charge in [0.2, 0.25) is 0 Å². The van der Waals surface area contributed by atoms with Crippen LogP contribution in [0.2, 0.25) is 5.02 Å². The zero-order valence-electron chi connectivity index (χ0n) is 18.2. The molecule has 0 saturated carbocycles. The number of anilines is 2. The van der Waals surface area contributed by atoms with Gasteiger partial charge in [-0.2, -0.15) is 10.2 Å². The fraction of sp³-hybridized carbons (Fsp3) is 0.273. The average Bonchev–Trinajstić information content (AvgIpc) is 3.25. The molecule has 1 aromatic carbocycles. The third-order valence-corrected chi connectivity index (χ3v) is 5.70. The van der Waals surface area contributed by atoms with Gasteiger partial charge in [-0.15, -0.1) is 0 Å². The van der Waals surface area contributed by atoms with Gasteiger partial charge in [0, 0.05) is 17.2 Å². The third kappa shape index (κ3) is 4.56. The smallest absolute Gasteiger partial charge is 0.257 e. The lowest BCUT2D eigenvalue weighted by atomic mass is 10.1. The maximum Gasteiger partial charge on any atom is 0.257 e.